The summed E-state index contributed by atoms with van der Waals surface area (Å²) in [4.78, 5) is 25.2. The molecule has 0 bridgehead atoms. The lowest BCUT2D eigenvalue weighted by atomic mass is 10.1. The normalized spacial score (nSPS) is 10.7. The summed E-state index contributed by atoms with van der Waals surface area (Å²) in [5.74, 6) is -0.865. The van der Waals surface area contributed by atoms with Crippen molar-refractivity contribution in [3.05, 3.63) is 93.7 Å². The molecule has 1 amide bonds. The van der Waals surface area contributed by atoms with Crippen LogP contribution in [0.3, 0.4) is 0 Å². The number of aryl methyl sites for hydroxylation is 1. The Hall–Kier alpha value is -4.38. The number of aromatic nitrogens is 2. The lowest BCUT2D eigenvalue weighted by Gasteiger charge is -2.09. The number of nitrogen functional groups attached to an aromatic ring is 1. The van der Waals surface area contributed by atoms with Gasteiger partial charge in [-0.05, 0) is 48.0 Å². The van der Waals surface area contributed by atoms with E-state index in [1.54, 1.807) is 54.1 Å². The average Bonchev–Trinajstić information content (AvgIpc) is 3.01. The molecular formula is C23H18FN5O2. The van der Waals surface area contributed by atoms with Gasteiger partial charge in [-0.2, -0.15) is 5.26 Å². The van der Waals surface area contributed by atoms with E-state index in [2.05, 4.69) is 11.4 Å². The van der Waals surface area contributed by atoms with E-state index in [-0.39, 0.29) is 23.8 Å². The summed E-state index contributed by atoms with van der Waals surface area (Å²) in [7, 11) is 1.64. The standard InChI is InChI=1S/C23H18FN5O2/c1-28-21-16(12-25)3-2-4-20(21)29(23(28)31)13-14-5-7-15(8-6-14)22(30)27-19-10-9-17(24)11-18(19)26/h2-11H,13,26H2,1H3,(H,27,30). The molecule has 7 nitrogen and oxygen atoms in total. The Bertz CT molecular complexity index is 1410. The van der Waals surface area contributed by atoms with Crippen molar-refractivity contribution in [1.29, 1.82) is 5.26 Å². The third kappa shape index (κ3) is 3.65. The number of hydrogen-bond donors (Lipinski definition) is 2. The van der Waals surface area contributed by atoms with Crippen molar-refractivity contribution in [3.63, 3.8) is 0 Å². The van der Waals surface area contributed by atoms with E-state index in [1.807, 2.05) is 0 Å². The molecule has 0 fully saturated rings. The van der Waals surface area contributed by atoms with Crippen molar-refractivity contribution in [2.45, 2.75) is 6.54 Å². The van der Waals surface area contributed by atoms with Gasteiger partial charge in [-0.3, -0.25) is 13.9 Å². The number of carbonyl (C=O) groups excluding carboxylic acids is 1. The number of anilines is 2. The number of carbonyl (C=O) groups is 1. The number of rotatable bonds is 4. The Labute approximate surface area is 176 Å². The molecular weight excluding hydrogens is 397 g/mol. The van der Waals surface area contributed by atoms with E-state index >= 15 is 0 Å². The van der Waals surface area contributed by atoms with Crippen LogP contribution >= 0.6 is 0 Å². The molecule has 0 radical (unpaired) electrons. The molecule has 0 saturated heterocycles. The smallest absolute Gasteiger partial charge is 0.329 e. The van der Waals surface area contributed by atoms with Crippen molar-refractivity contribution in [2.24, 2.45) is 7.05 Å². The quantitative estimate of drug-likeness (QED) is 0.499. The van der Waals surface area contributed by atoms with Gasteiger partial charge in [0.2, 0.25) is 0 Å². The van der Waals surface area contributed by atoms with E-state index in [9.17, 15) is 19.2 Å². The number of para-hydroxylation sites is 1. The third-order valence-corrected chi connectivity index (χ3v) is 5.10. The second-order valence-electron chi connectivity index (χ2n) is 7.10. The van der Waals surface area contributed by atoms with Crippen LogP contribution in [0.5, 0.6) is 0 Å². The molecule has 0 aliphatic heterocycles. The van der Waals surface area contributed by atoms with Crippen molar-refractivity contribution in [3.8, 4) is 6.07 Å². The van der Waals surface area contributed by atoms with Gasteiger partial charge in [0.25, 0.3) is 5.91 Å². The van der Waals surface area contributed by atoms with Crippen molar-refractivity contribution < 1.29 is 9.18 Å². The predicted molar refractivity (Wildman–Crippen MR) is 116 cm³/mol. The topological polar surface area (TPSA) is 106 Å². The van der Waals surface area contributed by atoms with Gasteiger partial charge < -0.3 is 11.1 Å². The zero-order valence-electron chi connectivity index (χ0n) is 16.6. The third-order valence-electron chi connectivity index (χ3n) is 5.10. The van der Waals surface area contributed by atoms with Gasteiger partial charge in [-0.1, -0.05) is 18.2 Å². The summed E-state index contributed by atoms with van der Waals surface area (Å²) in [6.45, 7) is 0.290. The van der Waals surface area contributed by atoms with Crippen LogP contribution in [0.1, 0.15) is 21.5 Å². The summed E-state index contributed by atoms with van der Waals surface area (Å²) < 4.78 is 16.2. The van der Waals surface area contributed by atoms with E-state index < -0.39 is 5.82 Å². The van der Waals surface area contributed by atoms with Crippen LogP contribution in [0.2, 0.25) is 0 Å². The number of fused-ring (bicyclic) bond motifs is 1. The van der Waals surface area contributed by atoms with Gasteiger partial charge in [0.05, 0.1) is 34.5 Å². The first-order valence-corrected chi connectivity index (χ1v) is 9.42. The first-order chi connectivity index (χ1) is 14.9. The molecule has 4 aromatic rings. The molecule has 1 aromatic heterocycles. The first kappa shape index (κ1) is 19.9. The highest BCUT2D eigenvalue weighted by atomic mass is 19.1. The molecule has 0 unspecified atom stereocenters. The summed E-state index contributed by atoms with van der Waals surface area (Å²) in [6, 6.07) is 17.9. The van der Waals surface area contributed by atoms with Crippen LogP contribution in [0.25, 0.3) is 11.0 Å². The van der Waals surface area contributed by atoms with Gasteiger partial charge >= 0.3 is 5.69 Å². The van der Waals surface area contributed by atoms with E-state index in [1.165, 1.54) is 16.7 Å². The van der Waals surface area contributed by atoms with E-state index in [0.29, 0.717) is 27.8 Å². The molecule has 0 saturated carbocycles. The molecule has 0 atom stereocenters. The van der Waals surface area contributed by atoms with Crippen LogP contribution in [0, 0.1) is 17.1 Å². The Morgan fingerprint density at radius 2 is 1.90 bits per heavy atom. The number of hydrogen-bond acceptors (Lipinski definition) is 4. The molecule has 0 aliphatic rings. The van der Waals surface area contributed by atoms with Crippen LogP contribution in [0.4, 0.5) is 15.8 Å². The molecule has 1 heterocycles. The summed E-state index contributed by atoms with van der Waals surface area (Å²) >= 11 is 0. The highest BCUT2D eigenvalue weighted by molar-refractivity contribution is 6.05. The minimum atomic E-state index is -0.481. The highest BCUT2D eigenvalue weighted by Gasteiger charge is 2.15. The molecule has 154 valence electrons. The monoisotopic (exact) mass is 415 g/mol. The van der Waals surface area contributed by atoms with Crippen molar-refractivity contribution in [2.75, 3.05) is 11.1 Å². The fraction of sp³-hybridized carbons (Fsp3) is 0.0870. The van der Waals surface area contributed by atoms with Crippen LogP contribution in [-0.4, -0.2) is 15.0 Å². The summed E-state index contributed by atoms with van der Waals surface area (Å²) in [6.07, 6.45) is 0. The lowest BCUT2D eigenvalue weighted by Crippen LogP contribution is -2.22. The number of halogens is 1. The average molecular weight is 415 g/mol. The predicted octanol–water partition coefficient (Wildman–Crippen LogP) is 3.23. The van der Waals surface area contributed by atoms with E-state index in [0.717, 1.165) is 11.6 Å². The fourth-order valence-corrected chi connectivity index (χ4v) is 3.51. The highest BCUT2D eigenvalue weighted by Crippen LogP contribution is 2.21. The number of imidazole rings is 1. The molecule has 0 spiro atoms. The minimum Gasteiger partial charge on any atom is -0.397 e. The number of amides is 1. The maximum atomic E-state index is 13.2. The van der Waals surface area contributed by atoms with Crippen LogP contribution in [-0.2, 0) is 13.6 Å². The largest absolute Gasteiger partial charge is 0.397 e. The van der Waals surface area contributed by atoms with Gasteiger partial charge in [0.1, 0.15) is 11.9 Å². The Morgan fingerprint density at radius 1 is 1.16 bits per heavy atom. The second-order valence-corrected chi connectivity index (χ2v) is 7.10. The fourth-order valence-electron chi connectivity index (χ4n) is 3.51. The summed E-state index contributed by atoms with van der Waals surface area (Å²) in [5, 5.41) is 12.0. The van der Waals surface area contributed by atoms with Gasteiger partial charge in [0, 0.05) is 12.6 Å². The number of nitriles is 1. The Morgan fingerprint density at radius 3 is 2.58 bits per heavy atom. The maximum Gasteiger partial charge on any atom is 0.329 e. The number of nitrogens with one attached hydrogen (secondary N) is 1. The van der Waals surface area contributed by atoms with E-state index in [4.69, 9.17) is 5.73 Å². The molecule has 31 heavy (non-hydrogen) atoms. The molecule has 4 rings (SSSR count). The zero-order valence-corrected chi connectivity index (χ0v) is 16.6. The van der Waals surface area contributed by atoms with Crippen LogP contribution in [0.15, 0.2) is 65.5 Å². The first-order valence-electron chi connectivity index (χ1n) is 9.42. The van der Waals surface area contributed by atoms with Gasteiger partial charge in [-0.25, -0.2) is 9.18 Å². The minimum absolute atomic E-state index is 0.136. The molecule has 8 heteroatoms. The van der Waals surface area contributed by atoms with Crippen molar-refractivity contribution >= 4 is 28.3 Å². The number of benzene rings is 3. The lowest BCUT2D eigenvalue weighted by molar-refractivity contribution is 0.102. The van der Waals surface area contributed by atoms with Gasteiger partial charge in [0.15, 0.2) is 0 Å². The SMILES string of the molecule is Cn1c(=O)n(Cc2ccc(C(=O)Nc3ccc(F)cc3N)cc2)c2cccc(C#N)c21. The molecule has 3 N–H and O–H groups in total. The number of nitrogens with two attached hydrogens (primary N) is 1. The second kappa shape index (κ2) is 7.80. The number of nitrogens with zero attached hydrogens (tertiary/aromatic N) is 3. The Kier molecular flexibility index (Phi) is 5.01. The molecule has 0 aliphatic carbocycles. The maximum absolute atomic E-state index is 13.2. The molecule has 3 aromatic carbocycles. The summed E-state index contributed by atoms with van der Waals surface area (Å²) in [5.41, 5.74) is 8.86. The van der Waals surface area contributed by atoms with Gasteiger partial charge in [-0.15, -0.1) is 0 Å². The van der Waals surface area contributed by atoms with Crippen molar-refractivity contribution in [1.82, 2.24) is 9.13 Å². The van der Waals surface area contributed by atoms with Crippen LogP contribution < -0.4 is 16.7 Å². The zero-order chi connectivity index (χ0) is 22.1. The Balaban J connectivity index is 1.58.